The fourth-order valence-electron chi connectivity index (χ4n) is 2.81. The van der Waals surface area contributed by atoms with Crippen LogP contribution in [-0.4, -0.2) is 35.4 Å². The lowest BCUT2D eigenvalue weighted by atomic mass is 10.1. The van der Waals surface area contributed by atoms with Crippen LogP contribution in [0.3, 0.4) is 0 Å². The van der Waals surface area contributed by atoms with Crippen molar-refractivity contribution < 1.29 is 9.72 Å². The van der Waals surface area contributed by atoms with Gasteiger partial charge in [-0.15, -0.1) is 0 Å². The highest BCUT2D eigenvalue weighted by molar-refractivity contribution is 6.00. The van der Waals surface area contributed by atoms with Gasteiger partial charge in [-0.05, 0) is 25.8 Å². The monoisotopic (exact) mass is 291 g/mol. The molecule has 0 radical (unpaired) electrons. The highest BCUT2D eigenvalue weighted by atomic mass is 16.6. The van der Waals surface area contributed by atoms with Crippen LogP contribution in [0.5, 0.6) is 0 Å². The SMILES string of the molecule is CCNc1ccc([N+](=O)[O-])cc1C(=O)N(C)C1CCCC1. The molecule has 1 fully saturated rings. The lowest BCUT2D eigenvalue weighted by Gasteiger charge is -2.25. The molecule has 2 rings (SSSR count). The van der Waals surface area contributed by atoms with E-state index in [1.54, 1.807) is 18.0 Å². The van der Waals surface area contributed by atoms with E-state index in [2.05, 4.69) is 5.32 Å². The molecule has 1 saturated carbocycles. The highest BCUT2D eigenvalue weighted by Gasteiger charge is 2.26. The Kier molecular flexibility index (Phi) is 4.77. The van der Waals surface area contributed by atoms with Gasteiger partial charge in [-0.25, -0.2) is 0 Å². The van der Waals surface area contributed by atoms with Crippen molar-refractivity contribution in [2.45, 2.75) is 38.6 Å². The van der Waals surface area contributed by atoms with Crippen molar-refractivity contribution in [3.8, 4) is 0 Å². The first-order valence-electron chi connectivity index (χ1n) is 7.34. The first-order valence-corrected chi connectivity index (χ1v) is 7.34. The average molecular weight is 291 g/mol. The molecule has 6 heteroatoms. The summed E-state index contributed by atoms with van der Waals surface area (Å²) in [6, 6.07) is 4.64. The molecule has 21 heavy (non-hydrogen) atoms. The van der Waals surface area contributed by atoms with Gasteiger partial charge in [0.05, 0.1) is 10.5 Å². The Bertz CT molecular complexity index is 539. The summed E-state index contributed by atoms with van der Waals surface area (Å²) < 4.78 is 0. The number of amides is 1. The fraction of sp³-hybridized carbons (Fsp3) is 0.533. The number of rotatable bonds is 5. The van der Waals surface area contributed by atoms with E-state index in [9.17, 15) is 14.9 Å². The van der Waals surface area contributed by atoms with E-state index in [-0.39, 0.29) is 17.6 Å². The number of carbonyl (C=O) groups excluding carboxylic acids is 1. The van der Waals surface area contributed by atoms with Crippen LogP contribution in [0.2, 0.25) is 0 Å². The Labute approximate surface area is 124 Å². The van der Waals surface area contributed by atoms with E-state index >= 15 is 0 Å². The van der Waals surface area contributed by atoms with Gasteiger partial charge in [-0.1, -0.05) is 12.8 Å². The molecular weight excluding hydrogens is 270 g/mol. The zero-order valence-corrected chi connectivity index (χ0v) is 12.5. The summed E-state index contributed by atoms with van der Waals surface area (Å²) in [5.41, 5.74) is 0.971. The molecule has 0 atom stereocenters. The number of carbonyl (C=O) groups is 1. The molecule has 0 aromatic heterocycles. The van der Waals surface area contributed by atoms with Gasteiger partial charge in [-0.2, -0.15) is 0 Å². The molecule has 6 nitrogen and oxygen atoms in total. The smallest absolute Gasteiger partial charge is 0.270 e. The topological polar surface area (TPSA) is 75.5 Å². The van der Waals surface area contributed by atoms with Crippen molar-refractivity contribution in [3.63, 3.8) is 0 Å². The quantitative estimate of drug-likeness (QED) is 0.668. The molecule has 0 heterocycles. The van der Waals surface area contributed by atoms with E-state index in [1.165, 1.54) is 12.1 Å². The molecule has 1 aromatic rings. The predicted octanol–water partition coefficient (Wildman–Crippen LogP) is 3.04. The average Bonchev–Trinajstić information content (AvgIpc) is 3.00. The van der Waals surface area contributed by atoms with Crippen LogP contribution in [0.25, 0.3) is 0 Å². The number of hydrogen-bond donors (Lipinski definition) is 1. The third kappa shape index (κ3) is 3.32. The molecule has 1 amide bonds. The van der Waals surface area contributed by atoms with Crippen molar-refractivity contribution in [2.75, 3.05) is 18.9 Å². The lowest BCUT2D eigenvalue weighted by molar-refractivity contribution is -0.384. The summed E-state index contributed by atoms with van der Waals surface area (Å²) in [5, 5.41) is 14.0. The maximum absolute atomic E-state index is 12.7. The molecule has 0 spiro atoms. The van der Waals surface area contributed by atoms with E-state index in [4.69, 9.17) is 0 Å². The molecule has 0 aliphatic heterocycles. The summed E-state index contributed by atoms with van der Waals surface area (Å²) in [5.74, 6) is -0.151. The third-order valence-corrected chi connectivity index (χ3v) is 4.00. The van der Waals surface area contributed by atoms with Crippen LogP contribution in [-0.2, 0) is 0 Å². The van der Waals surface area contributed by atoms with Crippen molar-refractivity contribution in [3.05, 3.63) is 33.9 Å². The van der Waals surface area contributed by atoms with Gasteiger partial charge in [0.1, 0.15) is 0 Å². The maximum atomic E-state index is 12.7. The van der Waals surface area contributed by atoms with Crippen LogP contribution in [0.1, 0.15) is 43.0 Å². The van der Waals surface area contributed by atoms with Crippen LogP contribution >= 0.6 is 0 Å². The summed E-state index contributed by atoms with van der Waals surface area (Å²) in [6.07, 6.45) is 4.29. The van der Waals surface area contributed by atoms with E-state index in [0.29, 0.717) is 17.8 Å². The van der Waals surface area contributed by atoms with E-state index < -0.39 is 4.92 Å². The zero-order chi connectivity index (χ0) is 15.4. The maximum Gasteiger partial charge on any atom is 0.270 e. The minimum absolute atomic E-state index is 0.0557. The van der Waals surface area contributed by atoms with Crippen molar-refractivity contribution in [2.24, 2.45) is 0 Å². The first-order chi connectivity index (χ1) is 10.0. The number of nitro benzene ring substituents is 1. The molecule has 0 saturated heterocycles. The number of nitrogens with one attached hydrogen (secondary N) is 1. The van der Waals surface area contributed by atoms with Crippen molar-refractivity contribution >= 4 is 17.3 Å². The van der Waals surface area contributed by atoms with Crippen molar-refractivity contribution in [1.82, 2.24) is 4.90 Å². The summed E-state index contributed by atoms with van der Waals surface area (Å²) in [6.45, 7) is 2.58. The van der Waals surface area contributed by atoms with E-state index in [1.807, 2.05) is 6.92 Å². The molecule has 0 bridgehead atoms. The molecular formula is C15H21N3O3. The van der Waals surface area contributed by atoms with Gasteiger partial charge in [0.25, 0.3) is 11.6 Å². The number of hydrogen-bond acceptors (Lipinski definition) is 4. The van der Waals surface area contributed by atoms with Crippen LogP contribution in [0.15, 0.2) is 18.2 Å². The minimum Gasteiger partial charge on any atom is -0.385 e. The van der Waals surface area contributed by atoms with Gasteiger partial charge in [0, 0.05) is 37.5 Å². The number of anilines is 1. The van der Waals surface area contributed by atoms with Crippen LogP contribution in [0.4, 0.5) is 11.4 Å². The van der Waals surface area contributed by atoms with Crippen LogP contribution in [0, 0.1) is 10.1 Å². The Morgan fingerprint density at radius 2 is 2.10 bits per heavy atom. The number of benzene rings is 1. The van der Waals surface area contributed by atoms with E-state index in [0.717, 1.165) is 25.7 Å². The molecule has 1 N–H and O–H groups in total. The Balaban J connectivity index is 2.31. The molecule has 1 aliphatic rings. The second-order valence-electron chi connectivity index (χ2n) is 5.37. The molecule has 114 valence electrons. The second-order valence-corrected chi connectivity index (χ2v) is 5.37. The Hall–Kier alpha value is -2.11. The molecule has 1 aliphatic carbocycles. The zero-order valence-electron chi connectivity index (χ0n) is 12.5. The summed E-state index contributed by atoms with van der Waals surface area (Å²) in [7, 11) is 1.78. The Morgan fingerprint density at radius 1 is 1.43 bits per heavy atom. The van der Waals surface area contributed by atoms with Crippen molar-refractivity contribution in [1.29, 1.82) is 0 Å². The standard InChI is InChI=1S/C15H21N3O3/c1-3-16-14-9-8-12(18(20)21)10-13(14)15(19)17(2)11-6-4-5-7-11/h8-11,16H,3-7H2,1-2H3. The fourth-order valence-corrected chi connectivity index (χ4v) is 2.81. The van der Waals surface area contributed by atoms with Gasteiger partial charge < -0.3 is 10.2 Å². The minimum atomic E-state index is -0.470. The number of nitrogens with zero attached hydrogens (tertiary/aromatic N) is 2. The number of non-ortho nitro benzene ring substituents is 1. The summed E-state index contributed by atoms with van der Waals surface area (Å²) in [4.78, 5) is 24.9. The van der Waals surface area contributed by atoms with Gasteiger partial charge in [-0.3, -0.25) is 14.9 Å². The molecule has 1 aromatic carbocycles. The predicted molar refractivity (Wildman–Crippen MR) is 81.6 cm³/mol. The second kappa shape index (κ2) is 6.56. The van der Waals surface area contributed by atoms with Gasteiger partial charge in [0.2, 0.25) is 0 Å². The Morgan fingerprint density at radius 3 is 2.67 bits per heavy atom. The largest absolute Gasteiger partial charge is 0.385 e. The molecule has 0 unspecified atom stereocenters. The first kappa shape index (κ1) is 15.3. The number of nitro groups is 1. The third-order valence-electron chi connectivity index (χ3n) is 4.00. The van der Waals surface area contributed by atoms with Gasteiger partial charge in [0.15, 0.2) is 0 Å². The summed E-state index contributed by atoms with van der Waals surface area (Å²) >= 11 is 0. The lowest BCUT2D eigenvalue weighted by Crippen LogP contribution is -2.35. The normalized spacial score (nSPS) is 15.0. The van der Waals surface area contributed by atoms with Crippen LogP contribution < -0.4 is 5.32 Å². The highest BCUT2D eigenvalue weighted by Crippen LogP contribution is 2.27. The van der Waals surface area contributed by atoms with Gasteiger partial charge >= 0.3 is 0 Å².